The van der Waals surface area contributed by atoms with Crippen LogP contribution in [-0.2, 0) is 6.61 Å². The van der Waals surface area contributed by atoms with Crippen molar-refractivity contribution in [3.63, 3.8) is 0 Å². The van der Waals surface area contributed by atoms with Gasteiger partial charge in [0.15, 0.2) is 5.78 Å². The SMILES string of the molecule is O=C1c2cc3cn[nH]c3cc2COc2ccccc21. The lowest BCUT2D eigenvalue weighted by Crippen LogP contribution is -2.02. The van der Waals surface area contributed by atoms with Gasteiger partial charge in [-0.2, -0.15) is 5.10 Å². The van der Waals surface area contributed by atoms with Crippen molar-refractivity contribution in [2.45, 2.75) is 6.61 Å². The van der Waals surface area contributed by atoms with E-state index < -0.39 is 0 Å². The van der Waals surface area contributed by atoms with Crippen LogP contribution in [0, 0.1) is 0 Å². The highest BCUT2D eigenvalue weighted by Gasteiger charge is 2.22. The standard InChI is InChI=1S/C15H10N2O2/c18-15-11-3-1-2-4-14(11)19-8-10-6-13-9(5-12(10)15)7-16-17-13/h1-7H,8H2,(H,16,17). The zero-order valence-electron chi connectivity index (χ0n) is 10.0. The van der Waals surface area contributed by atoms with Crippen molar-refractivity contribution in [1.29, 1.82) is 0 Å². The molecule has 0 saturated heterocycles. The number of hydrogen-bond acceptors (Lipinski definition) is 3. The highest BCUT2D eigenvalue weighted by Crippen LogP contribution is 2.30. The van der Waals surface area contributed by atoms with Crippen molar-refractivity contribution >= 4 is 16.7 Å². The van der Waals surface area contributed by atoms with Crippen molar-refractivity contribution in [3.05, 3.63) is 59.3 Å². The van der Waals surface area contributed by atoms with Crippen LogP contribution in [0.1, 0.15) is 21.5 Å². The van der Waals surface area contributed by atoms with E-state index in [0.29, 0.717) is 23.5 Å². The van der Waals surface area contributed by atoms with Gasteiger partial charge >= 0.3 is 0 Å². The number of aromatic amines is 1. The van der Waals surface area contributed by atoms with Crippen molar-refractivity contribution in [1.82, 2.24) is 10.2 Å². The first kappa shape index (κ1) is 10.3. The molecule has 1 N–H and O–H groups in total. The highest BCUT2D eigenvalue weighted by atomic mass is 16.5. The molecule has 3 aromatic rings. The number of para-hydroxylation sites is 1. The van der Waals surface area contributed by atoms with Crippen LogP contribution in [0.4, 0.5) is 0 Å². The van der Waals surface area contributed by atoms with Crippen LogP contribution in [0.5, 0.6) is 5.75 Å². The normalized spacial score (nSPS) is 13.6. The predicted molar refractivity (Wildman–Crippen MR) is 70.3 cm³/mol. The molecule has 0 saturated carbocycles. The first-order valence-electron chi connectivity index (χ1n) is 6.05. The third-order valence-corrected chi connectivity index (χ3v) is 3.42. The molecule has 0 spiro atoms. The summed E-state index contributed by atoms with van der Waals surface area (Å²) in [4.78, 5) is 12.6. The van der Waals surface area contributed by atoms with Gasteiger partial charge < -0.3 is 4.74 Å². The summed E-state index contributed by atoms with van der Waals surface area (Å²) >= 11 is 0. The Bertz CT molecular complexity index is 805. The average Bonchev–Trinajstić information content (AvgIpc) is 2.85. The second kappa shape index (κ2) is 3.68. The van der Waals surface area contributed by atoms with Crippen molar-refractivity contribution in [2.75, 3.05) is 0 Å². The molecule has 2 aromatic carbocycles. The summed E-state index contributed by atoms with van der Waals surface area (Å²) in [7, 11) is 0. The molecule has 1 aliphatic heterocycles. The lowest BCUT2D eigenvalue weighted by Gasteiger charge is -2.04. The number of rotatable bonds is 0. The van der Waals surface area contributed by atoms with Crippen molar-refractivity contribution < 1.29 is 9.53 Å². The number of nitrogens with zero attached hydrogens (tertiary/aromatic N) is 1. The minimum atomic E-state index is 0.00574. The Morgan fingerprint density at radius 2 is 2.05 bits per heavy atom. The van der Waals surface area contributed by atoms with E-state index in [9.17, 15) is 4.79 Å². The van der Waals surface area contributed by atoms with Gasteiger partial charge in [0.25, 0.3) is 0 Å². The summed E-state index contributed by atoms with van der Waals surface area (Å²) in [6, 6.07) is 11.2. The van der Waals surface area contributed by atoms with E-state index in [4.69, 9.17) is 4.74 Å². The summed E-state index contributed by atoms with van der Waals surface area (Å²) in [5.41, 5.74) is 3.11. The third-order valence-electron chi connectivity index (χ3n) is 3.42. The predicted octanol–water partition coefficient (Wildman–Crippen LogP) is 2.69. The molecule has 19 heavy (non-hydrogen) atoms. The number of ketones is 1. The van der Waals surface area contributed by atoms with Crippen LogP contribution in [-0.4, -0.2) is 16.0 Å². The Kier molecular flexibility index (Phi) is 2.00. The zero-order valence-corrected chi connectivity index (χ0v) is 10.0. The fourth-order valence-electron chi connectivity index (χ4n) is 2.45. The maximum Gasteiger partial charge on any atom is 0.197 e. The molecule has 0 radical (unpaired) electrons. The van der Waals surface area contributed by atoms with Crippen LogP contribution >= 0.6 is 0 Å². The molecule has 0 bridgehead atoms. The summed E-state index contributed by atoms with van der Waals surface area (Å²) in [6.07, 6.45) is 1.72. The Morgan fingerprint density at radius 3 is 3.00 bits per heavy atom. The number of fused-ring (bicyclic) bond motifs is 3. The fraction of sp³-hybridized carbons (Fsp3) is 0.0667. The van der Waals surface area contributed by atoms with Gasteiger partial charge in [-0.3, -0.25) is 9.89 Å². The van der Waals surface area contributed by atoms with Gasteiger partial charge in [-0.15, -0.1) is 0 Å². The summed E-state index contributed by atoms with van der Waals surface area (Å²) in [5.74, 6) is 0.650. The molecule has 4 heteroatoms. The van der Waals surface area contributed by atoms with Crippen molar-refractivity contribution in [2.24, 2.45) is 0 Å². The van der Waals surface area contributed by atoms with Gasteiger partial charge in [0.1, 0.15) is 12.4 Å². The number of nitrogens with one attached hydrogen (secondary N) is 1. The molecule has 0 amide bonds. The molecule has 0 unspecified atom stereocenters. The van der Waals surface area contributed by atoms with Crippen LogP contribution in [0.2, 0.25) is 0 Å². The first-order chi connectivity index (χ1) is 9.33. The van der Waals surface area contributed by atoms with Gasteiger partial charge in [-0.1, -0.05) is 12.1 Å². The van der Waals surface area contributed by atoms with Crippen LogP contribution in [0.3, 0.4) is 0 Å². The quantitative estimate of drug-likeness (QED) is 0.667. The van der Waals surface area contributed by atoms with Gasteiger partial charge in [0.05, 0.1) is 17.3 Å². The van der Waals surface area contributed by atoms with E-state index >= 15 is 0 Å². The Balaban J connectivity index is 1.99. The molecule has 1 aromatic heterocycles. The second-order valence-corrected chi connectivity index (χ2v) is 4.58. The van der Waals surface area contributed by atoms with Gasteiger partial charge in [-0.05, 0) is 24.3 Å². The number of carbonyl (C=O) groups is 1. The number of aromatic nitrogens is 2. The van der Waals surface area contributed by atoms with E-state index in [0.717, 1.165) is 16.5 Å². The molecule has 4 nitrogen and oxygen atoms in total. The average molecular weight is 250 g/mol. The minimum absolute atomic E-state index is 0.00574. The van der Waals surface area contributed by atoms with E-state index in [1.54, 1.807) is 12.3 Å². The summed E-state index contributed by atoms with van der Waals surface area (Å²) in [5, 5.41) is 7.83. The Morgan fingerprint density at radius 1 is 1.16 bits per heavy atom. The molecule has 0 aliphatic carbocycles. The summed E-state index contributed by atoms with van der Waals surface area (Å²) in [6.45, 7) is 0.396. The molecule has 92 valence electrons. The molecule has 0 atom stereocenters. The maximum absolute atomic E-state index is 12.6. The number of carbonyl (C=O) groups excluding carboxylic acids is 1. The van der Waals surface area contributed by atoms with Gasteiger partial charge in [0, 0.05) is 16.5 Å². The largest absolute Gasteiger partial charge is 0.488 e. The molecule has 1 aliphatic rings. The number of hydrogen-bond donors (Lipinski definition) is 1. The molecule has 4 rings (SSSR count). The Hall–Kier alpha value is -2.62. The second-order valence-electron chi connectivity index (χ2n) is 4.58. The van der Waals surface area contributed by atoms with E-state index in [1.807, 2.05) is 30.3 Å². The monoisotopic (exact) mass is 250 g/mol. The lowest BCUT2D eigenvalue weighted by atomic mass is 9.98. The molecular formula is C15H10N2O2. The smallest absolute Gasteiger partial charge is 0.197 e. The van der Waals surface area contributed by atoms with Gasteiger partial charge in [-0.25, -0.2) is 0 Å². The zero-order chi connectivity index (χ0) is 12.8. The fourth-order valence-corrected chi connectivity index (χ4v) is 2.45. The Labute approximate surface area is 109 Å². The lowest BCUT2D eigenvalue weighted by molar-refractivity contribution is 0.103. The van der Waals surface area contributed by atoms with Crippen LogP contribution in [0.15, 0.2) is 42.6 Å². The topological polar surface area (TPSA) is 55.0 Å². The number of H-pyrrole nitrogens is 1. The van der Waals surface area contributed by atoms with Crippen LogP contribution in [0.25, 0.3) is 10.9 Å². The first-order valence-corrected chi connectivity index (χ1v) is 6.05. The molecule has 0 fully saturated rings. The molecule has 2 heterocycles. The number of ether oxygens (including phenoxy) is 1. The van der Waals surface area contributed by atoms with Crippen LogP contribution < -0.4 is 4.74 Å². The highest BCUT2D eigenvalue weighted by molar-refractivity contribution is 6.13. The van der Waals surface area contributed by atoms with Gasteiger partial charge in [0.2, 0.25) is 0 Å². The minimum Gasteiger partial charge on any atom is -0.488 e. The third kappa shape index (κ3) is 1.46. The van der Waals surface area contributed by atoms with E-state index in [-0.39, 0.29) is 5.78 Å². The van der Waals surface area contributed by atoms with Crippen molar-refractivity contribution in [3.8, 4) is 5.75 Å². The number of benzene rings is 2. The molecular weight excluding hydrogens is 240 g/mol. The van der Waals surface area contributed by atoms with E-state index in [2.05, 4.69) is 10.2 Å². The van der Waals surface area contributed by atoms with E-state index in [1.165, 1.54) is 0 Å². The summed E-state index contributed by atoms with van der Waals surface area (Å²) < 4.78 is 5.72. The maximum atomic E-state index is 12.6.